The van der Waals surface area contributed by atoms with E-state index in [-0.39, 0.29) is 11.3 Å². The molecule has 0 unspecified atom stereocenters. The molecule has 2 rings (SSSR count). The van der Waals surface area contributed by atoms with Crippen LogP contribution in [0.3, 0.4) is 0 Å². The maximum atomic E-state index is 14.6. The first kappa shape index (κ1) is 18.7. The van der Waals surface area contributed by atoms with E-state index >= 15 is 0 Å². The number of hydrogen-bond donors (Lipinski definition) is 1. The Hall–Kier alpha value is -1.60. The molecule has 1 heterocycles. The van der Waals surface area contributed by atoms with Crippen molar-refractivity contribution in [3.8, 4) is 5.75 Å². The molecule has 0 spiro atoms. The molecular weight excluding hydrogens is 312 g/mol. The summed E-state index contributed by atoms with van der Waals surface area (Å²) in [7, 11) is 0.686. The van der Waals surface area contributed by atoms with Crippen LogP contribution in [-0.2, 0) is 9.31 Å². The number of ether oxygens (including phenoxy) is 1. The van der Waals surface area contributed by atoms with E-state index in [4.69, 9.17) is 14.0 Å². The van der Waals surface area contributed by atoms with Gasteiger partial charge in [-0.3, -0.25) is 4.79 Å². The van der Waals surface area contributed by atoms with E-state index in [0.29, 0.717) is 12.0 Å². The maximum Gasteiger partial charge on any atom is 0.495 e. The van der Waals surface area contributed by atoms with Gasteiger partial charge in [0, 0.05) is 6.54 Å². The summed E-state index contributed by atoms with van der Waals surface area (Å²) in [5.74, 6) is -0.993. The zero-order chi connectivity index (χ0) is 18.1. The Bertz CT molecular complexity index is 617. The summed E-state index contributed by atoms with van der Waals surface area (Å²) in [6, 6.07) is 2.86. The Morgan fingerprint density at radius 1 is 1.25 bits per heavy atom. The second-order valence-corrected chi connectivity index (χ2v) is 6.92. The van der Waals surface area contributed by atoms with Crippen LogP contribution in [0.2, 0.25) is 0 Å². The van der Waals surface area contributed by atoms with Crippen LogP contribution in [0.4, 0.5) is 4.39 Å². The topological polar surface area (TPSA) is 56.8 Å². The molecule has 0 atom stereocenters. The van der Waals surface area contributed by atoms with Gasteiger partial charge in [-0.05, 0) is 51.7 Å². The number of halogens is 1. The van der Waals surface area contributed by atoms with Gasteiger partial charge in [-0.15, -0.1) is 0 Å². The number of carbonyl (C=O) groups excluding carboxylic acids is 1. The minimum Gasteiger partial charge on any atom is -0.496 e. The molecule has 0 bridgehead atoms. The molecule has 1 amide bonds. The Morgan fingerprint density at radius 3 is 2.33 bits per heavy atom. The molecule has 132 valence electrons. The smallest absolute Gasteiger partial charge is 0.495 e. The van der Waals surface area contributed by atoms with Crippen LogP contribution < -0.4 is 15.5 Å². The number of amides is 1. The lowest BCUT2D eigenvalue weighted by molar-refractivity contribution is 0.00578. The van der Waals surface area contributed by atoms with Gasteiger partial charge < -0.3 is 19.4 Å². The molecule has 1 fully saturated rings. The number of benzene rings is 1. The molecular formula is C17H25BFNO4. The van der Waals surface area contributed by atoms with Crippen LogP contribution in [0.1, 0.15) is 51.4 Å². The Balaban J connectivity index is 2.35. The highest BCUT2D eigenvalue weighted by Gasteiger charge is 2.52. The molecule has 1 N–H and O–H groups in total. The second-order valence-electron chi connectivity index (χ2n) is 6.92. The number of methoxy groups -OCH3 is 1. The third-order valence-corrected chi connectivity index (χ3v) is 4.58. The third kappa shape index (κ3) is 3.42. The predicted octanol–water partition coefficient (Wildman–Crippen LogP) is 2.27. The first-order valence-corrected chi connectivity index (χ1v) is 8.14. The van der Waals surface area contributed by atoms with Crippen molar-refractivity contribution < 1.29 is 23.2 Å². The number of carbonyl (C=O) groups is 1. The van der Waals surface area contributed by atoms with E-state index in [0.717, 1.165) is 6.42 Å². The molecule has 0 radical (unpaired) electrons. The van der Waals surface area contributed by atoms with Gasteiger partial charge in [-0.25, -0.2) is 4.39 Å². The lowest BCUT2D eigenvalue weighted by Gasteiger charge is -2.32. The number of hydrogen-bond acceptors (Lipinski definition) is 4. The van der Waals surface area contributed by atoms with Crippen LogP contribution >= 0.6 is 0 Å². The van der Waals surface area contributed by atoms with Crippen molar-refractivity contribution in [3.05, 3.63) is 23.5 Å². The average Bonchev–Trinajstić information content (AvgIpc) is 2.72. The van der Waals surface area contributed by atoms with Gasteiger partial charge >= 0.3 is 7.12 Å². The number of rotatable bonds is 5. The normalized spacial score (nSPS) is 18.5. The fourth-order valence-corrected chi connectivity index (χ4v) is 2.42. The second kappa shape index (κ2) is 6.72. The number of nitrogens with one attached hydrogen (secondary N) is 1. The lowest BCUT2D eigenvalue weighted by Crippen LogP contribution is -2.41. The standard InChI is InChI=1S/C17H25BFNO4/c1-7-8-20-15(21)14-12(19)9-11(10-13(14)22-6)18-23-16(2,3)17(4,5)24-18/h9-10H,7-8H2,1-6H3,(H,20,21). The molecule has 1 aliphatic rings. The van der Waals surface area contributed by atoms with Crippen LogP contribution in [0.5, 0.6) is 5.75 Å². The first-order valence-electron chi connectivity index (χ1n) is 8.14. The Kier molecular flexibility index (Phi) is 5.25. The van der Waals surface area contributed by atoms with Crippen LogP contribution in [0, 0.1) is 5.82 Å². The van der Waals surface area contributed by atoms with Crippen LogP contribution in [0.25, 0.3) is 0 Å². The molecule has 0 aliphatic carbocycles. The minimum atomic E-state index is -0.717. The average molecular weight is 337 g/mol. The van der Waals surface area contributed by atoms with E-state index in [1.165, 1.54) is 13.2 Å². The van der Waals surface area contributed by atoms with Gasteiger partial charge in [-0.1, -0.05) is 6.92 Å². The molecule has 1 saturated heterocycles. The molecule has 1 aromatic carbocycles. The zero-order valence-corrected chi connectivity index (χ0v) is 15.2. The van der Waals surface area contributed by atoms with Crippen molar-refractivity contribution in [3.63, 3.8) is 0 Å². The lowest BCUT2D eigenvalue weighted by atomic mass is 9.78. The van der Waals surface area contributed by atoms with Crippen molar-refractivity contribution in [2.24, 2.45) is 0 Å². The minimum absolute atomic E-state index is 0.105. The van der Waals surface area contributed by atoms with Crippen molar-refractivity contribution in [1.29, 1.82) is 0 Å². The van der Waals surface area contributed by atoms with E-state index in [1.54, 1.807) is 6.07 Å². The van der Waals surface area contributed by atoms with E-state index in [1.807, 2.05) is 34.6 Å². The summed E-state index contributed by atoms with van der Waals surface area (Å²) < 4.78 is 31.6. The molecule has 7 heteroatoms. The van der Waals surface area contributed by atoms with Gasteiger partial charge in [0.2, 0.25) is 0 Å². The van der Waals surface area contributed by atoms with Gasteiger partial charge in [0.15, 0.2) is 0 Å². The summed E-state index contributed by atoms with van der Waals surface area (Å²) in [6.45, 7) is 10.1. The molecule has 0 aromatic heterocycles. The van der Waals surface area contributed by atoms with Crippen LogP contribution in [-0.4, -0.2) is 37.9 Å². The SMILES string of the molecule is CCCNC(=O)c1c(F)cc(B2OC(C)(C)C(C)(C)O2)cc1OC. The van der Waals surface area contributed by atoms with Gasteiger partial charge in [-0.2, -0.15) is 0 Å². The predicted molar refractivity (Wildman–Crippen MR) is 91.3 cm³/mol. The van der Waals surface area contributed by atoms with E-state index in [2.05, 4.69) is 5.32 Å². The molecule has 24 heavy (non-hydrogen) atoms. The monoisotopic (exact) mass is 337 g/mol. The Labute approximate surface area is 143 Å². The quantitative estimate of drug-likeness (QED) is 0.838. The summed E-state index contributed by atoms with van der Waals surface area (Å²) in [5.41, 5.74) is -0.682. The summed E-state index contributed by atoms with van der Waals surface area (Å²) in [4.78, 5) is 12.1. The highest BCUT2D eigenvalue weighted by Crippen LogP contribution is 2.37. The largest absolute Gasteiger partial charge is 0.496 e. The summed E-state index contributed by atoms with van der Waals surface area (Å²) in [5, 5.41) is 2.66. The van der Waals surface area contributed by atoms with Crippen molar-refractivity contribution in [2.75, 3.05) is 13.7 Å². The highest BCUT2D eigenvalue weighted by molar-refractivity contribution is 6.62. The Morgan fingerprint density at radius 2 is 1.83 bits per heavy atom. The molecule has 1 aromatic rings. The van der Waals surface area contributed by atoms with E-state index < -0.39 is 30.0 Å². The van der Waals surface area contributed by atoms with Gasteiger partial charge in [0.1, 0.15) is 17.1 Å². The highest BCUT2D eigenvalue weighted by atomic mass is 19.1. The summed E-state index contributed by atoms with van der Waals surface area (Å²) in [6.07, 6.45) is 0.766. The van der Waals surface area contributed by atoms with Crippen molar-refractivity contribution in [2.45, 2.75) is 52.2 Å². The molecule has 5 nitrogen and oxygen atoms in total. The zero-order valence-electron chi connectivity index (χ0n) is 15.2. The van der Waals surface area contributed by atoms with Crippen LogP contribution in [0.15, 0.2) is 12.1 Å². The third-order valence-electron chi connectivity index (χ3n) is 4.58. The maximum absolute atomic E-state index is 14.6. The first-order chi connectivity index (χ1) is 11.1. The fourth-order valence-electron chi connectivity index (χ4n) is 2.42. The fraction of sp³-hybridized carbons (Fsp3) is 0.588. The van der Waals surface area contributed by atoms with Crippen molar-refractivity contribution >= 4 is 18.5 Å². The van der Waals surface area contributed by atoms with Crippen molar-refractivity contribution in [1.82, 2.24) is 5.32 Å². The molecule has 0 saturated carbocycles. The van der Waals surface area contributed by atoms with Gasteiger partial charge in [0.05, 0.1) is 18.3 Å². The molecule has 1 aliphatic heterocycles. The van der Waals surface area contributed by atoms with Gasteiger partial charge in [0.25, 0.3) is 5.91 Å². The summed E-state index contributed by atoms with van der Waals surface area (Å²) >= 11 is 0. The van der Waals surface area contributed by atoms with E-state index in [9.17, 15) is 9.18 Å².